The molecule has 4 rings (SSSR count). The van der Waals surface area contributed by atoms with E-state index in [1.807, 2.05) is 23.6 Å². The Hall–Kier alpha value is -3.30. The van der Waals surface area contributed by atoms with Gasteiger partial charge < -0.3 is 16.6 Å². The fourth-order valence-corrected chi connectivity index (χ4v) is 3.77. The van der Waals surface area contributed by atoms with E-state index in [0.29, 0.717) is 22.7 Å². The summed E-state index contributed by atoms with van der Waals surface area (Å²) in [5.74, 6) is 10.2. The van der Waals surface area contributed by atoms with E-state index in [4.69, 9.17) is 11.7 Å². The molecule has 6 nitrogen and oxygen atoms in total. The zero-order chi connectivity index (χ0) is 19.0. The van der Waals surface area contributed by atoms with Crippen LogP contribution in [0.25, 0.3) is 21.0 Å². The molecule has 6 N–H and O–H groups in total. The second-order valence-corrected chi connectivity index (χ2v) is 6.68. The number of fused-ring (bicyclic) bond motifs is 3. The highest BCUT2D eigenvalue weighted by molar-refractivity contribution is 7.18. The number of amidine groups is 1. The van der Waals surface area contributed by atoms with Gasteiger partial charge in [-0.2, -0.15) is 5.10 Å². The molecule has 0 spiro atoms. The highest BCUT2D eigenvalue weighted by Gasteiger charge is 2.13. The number of hydrazine groups is 1. The lowest BCUT2D eigenvalue weighted by Gasteiger charge is -2.11. The predicted molar refractivity (Wildman–Crippen MR) is 105 cm³/mol. The van der Waals surface area contributed by atoms with Gasteiger partial charge in [0.25, 0.3) is 0 Å². The second kappa shape index (κ2) is 6.78. The molecule has 0 aliphatic heterocycles. The van der Waals surface area contributed by atoms with Gasteiger partial charge in [0, 0.05) is 28.1 Å². The van der Waals surface area contributed by atoms with E-state index >= 15 is 0 Å². The van der Waals surface area contributed by atoms with Crippen LogP contribution in [-0.2, 0) is 0 Å². The normalized spacial score (nSPS) is 11.9. The largest absolute Gasteiger partial charge is 0.339 e. The Kier molecular flexibility index (Phi) is 4.30. The van der Waals surface area contributed by atoms with E-state index in [2.05, 4.69) is 20.8 Å². The molecular weight excluding hydrogens is 370 g/mol. The molecule has 27 heavy (non-hydrogen) atoms. The number of nitrogens with zero attached hydrogens (tertiary/aromatic N) is 2. The van der Waals surface area contributed by atoms with E-state index in [1.54, 1.807) is 6.07 Å². The van der Waals surface area contributed by atoms with Crippen LogP contribution in [0.2, 0.25) is 0 Å². The fraction of sp³-hybridized carbons (Fsp3) is 0. The maximum absolute atomic E-state index is 13.5. The number of anilines is 2. The standard InChI is InChI=1S/C18H14F2N6S/c19-10-6-11(20)8-12(7-10)23-18-16-14(3-4-27-16)13-2-1-9(5-15(13)24-18)17(25-21)26-22/h1-8H,21-22H2,(H,23,24)(H,25,26). The molecule has 0 amide bonds. The molecule has 0 fully saturated rings. The van der Waals surface area contributed by atoms with E-state index in [0.717, 1.165) is 21.5 Å². The third kappa shape index (κ3) is 3.14. The van der Waals surface area contributed by atoms with Gasteiger partial charge in [-0.1, -0.05) is 12.1 Å². The SMILES string of the molecule is N/N=C(\NN)c1ccc2c(c1)nc(Nc1cc(F)cc(F)c1)c1sccc12. The van der Waals surface area contributed by atoms with Gasteiger partial charge in [0.05, 0.1) is 10.2 Å². The molecule has 0 unspecified atom stereocenters. The topological polar surface area (TPSA) is 101 Å². The minimum atomic E-state index is -0.666. The lowest BCUT2D eigenvalue weighted by Crippen LogP contribution is -2.32. The molecule has 9 heteroatoms. The van der Waals surface area contributed by atoms with Crippen molar-refractivity contribution >= 4 is 49.7 Å². The van der Waals surface area contributed by atoms with Crippen molar-refractivity contribution in [2.24, 2.45) is 16.8 Å². The van der Waals surface area contributed by atoms with E-state index in [1.165, 1.54) is 23.5 Å². The minimum absolute atomic E-state index is 0.276. The summed E-state index contributed by atoms with van der Waals surface area (Å²) in [4.78, 5) is 4.63. The Labute approximate surface area is 156 Å². The van der Waals surface area contributed by atoms with Gasteiger partial charge >= 0.3 is 0 Å². The Morgan fingerprint density at radius 1 is 1.04 bits per heavy atom. The van der Waals surface area contributed by atoms with Crippen LogP contribution in [0.4, 0.5) is 20.3 Å². The number of hydrogen-bond donors (Lipinski definition) is 4. The number of benzene rings is 2. The Balaban J connectivity index is 1.89. The number of hydrogen-bond acceptors (Lipinski definition) is 6. The van der Waals surface area contributed by atoms with E-state index < -0.39 is 11.6 Å². The highest BCUT2D eigenvalue weighted by Crippen LogP contribution is 2.35. The summed E-state index contributed by atoms with van der Waals surface area (Å²) in [6.45, 7) is 0. The molecule has 0 bridgehead atoms. The number of nitrogens with one attached hydrogen (secondary N) is 2. The molecule has 4 aromatic rings. The summed E-state index contributed by atoms with van der Waals surface area (Å²) in [7, 11) is 0. The molecule has 2 aromatic heterocycles. The van der Waals surface area contributed by atoms with Crippen molar-refractivity contribution in [2.45, 2.75) is 0 Å². The van der Waals surface area contributed by atoms with Crippen molar-refractivity contribution in [3.05, 3.63) is 65.0 Å². The zero-order valence-corrected chi connectivity index (χ0v) is 14.6. The van der Waals surface area contributed by atoms with Crippen molar-refractivity contribution in [2.75, 3.05) is 5.32 Å². The van der Waals surface area contributed by atoms with Gasteiger partial charge in [0.15, 0.2) is 5.84 Å². The average Bonchev–Trinajstić information content (AvgIpc) is 3.12. The number of thiophene rings is 1. The minimum Gasteiger partial charge on any atom is -0.339 e. The van der Waals surface area contributed by atoms with Gasteiger partial charge in [0.2, 0.25) is 0 Å². The van der Waals surface area contributed by atoms with Gasteiger partial charge in [-0.25, -0.2) is 19.6 Å². The van der Waals surface area contributed by atoms with E-state index in [9.17, 15) is 8.78 Å². The van der Waals surface area contributed by atoms with Crippen molar-refractivity contribution in [1.29, 1.82) is 0 Å². The molecule has 0 saturated heterocycles. The van der Waals surface area contributed by atoms with Gasteiger partial charge in [0.1, 0.15) is 17.5 Å². The maximum atomic E-state index is 13.5. The van der Waals surface area contributed by atoms with Gasteiger partial charge in [-0.15, -0.1) is 11.3 Å². The average molecular weight is 384 g/mol. The van der Waals surface area contributed by atoms with Crippen molar-refractivity contribution in [3.63, 3.8) is 0 Å². The summed E-state index contributed by atoms with van der Waals surface area (Å²) in [6.07, 6.45) is 0. The van der Waals surface area contributed by atoms with Crippen molar-refractivity contribution < 1.29 is 8.78 Å². The molecule has 0 saturated carbocycles. The van der Waals surface area contributed by atoms with Crippen molar-refractivity contribution in [1.82, 2.24) is 10.4 Å². The molecule has 2 aromatic carbocycles. The maximum Gasteiger partial charge on any atom is 0.166 e. The van der Waals surface area contributed by atoms with Crippen molar-refractivity contribution in [3.8, 4) is 0 Å². The van der Waals surface area contributed by atoms with Crippen LogP contribution in [0, 0.1) is 11.6 Å². The molecule has 0 radical (unpaired) electrons. The number of pyridine rings is 1. The van der Waals surface area contributed by atoms with Crippen LogP contribution in [0.1, 0.15) is 5.56 Å². The summed E-state index contributed by atoms with van der Waals surface area (Å²) < 4.78 is 27.9. The second-order valence-electron chi connectivity index (χ2n) is 5.76. The van der Waals surface area contributed by atoms with Crippen LogP contribution < -0.4 is 22.4 Å². The first kappa shape index (κ1) is 17.1. The fourth-order valence-electron chi connectivity index (χ4n) is 2.92. The number of halogens is 2. The first-order chi connectivity index (χ1) is 13.1. The quantitative estimate of drug-likeness (QED) is 0.187. The molecule has 0 aliphatic rings. The van der Waals surface area contributed by atoms with Crippen LogP contribution in [0.15, 0.2) is 52.9 Å². The first-order valence-corrected chi connectivity index (χ1v) is 8.76. The molecular formula is C18H14F2N6S. The molecule has 2 heterocycles. The Morgan fingerprint density at radius 3 is 2.52 bits per heavy atom. The van der Waals surface area contributed by atoms with Crippen LogP contribution in [0.5, 0.6) is 0 Å². The monoisotopic (exact) mass is 384 g/mol. The first-order valence-electron chi connectivity index (χ1n) is 7.88. The van der Waals surface area contributed by atoms with Crippen LogP contribution in [0.3, 0.4) is 0 Å². The summed E-state index contributed by atoms with van der Waals surface area (Å²) in [5, 5.41) is 10.4. The molecule has 0 aliphatic carbocycles. The number of nitrogens with two attached hydrogens (primary N) is 2. The van der Waals surface area contributed by atoms with Gasteiger partial charge in [-0.05, 0) is 29.6 Å². The third-order valence-electron chi connectivity index (χ3n) is 4.07. The Bertz CT molecular complexity index is 1170. The Morgan fingerprint density at radius 2 is 1.81 bits per heavy atom. The van der Waals surface area contributed by atoms with Crippen LogP contribution >= 0.6 is 11.3 Å². The molecule has 0 atom stereocenters. The molecule has 136 valence electrons. The lowest BCUT2D eigenvalue weighted by atomic mass is 10.1. The number of aromatic nitrogens is 1. The van der Waals surface area contributed by atoms with Gasteiger partial charge in [-0.3, -0.25) is 0 Å². The number of rotatable bonds is 3. The zero-order valence-electron chi connectivity index (χ0n) is 13.8. The summed E-state index contributed by atoms with van der Waals surface area (Å²) in [6, 6.07) is 10.7. The van der Waals surface area contributed by atoms with Crippen LogP contribution in [-0.4, -0.2) is 10.8 Å². The highest BCUT2D eigenvalue weighted by atomic mass is 32.1. The number of hydrazone groups is 1. The smallest absolute Gasteiger partial charge is 0.166 e. The van der Waals surface area contributed by atoms with E-state index in [-0.39, 0.29) is 5.69 Å². The third-order valence-corrected chi connectivity index (χ3v) is 4.99. The summed E-state index contributed by atoms with van der Waals surface area (Å²) in [5.41, 5.74) is 4.03. The summed E-state index contributed by atoms with van der Waals surface area (Å²) >= 11 is 1.49. The lowest BCUT2D eigenvalue weighted by molar-refractivity contribution is 0.584. The predicted octanol–water partition coefficient (Wildman–Crippen LogP) is 3.55.